The second-order valence-corrected chi connectivity index (χ2v) is 5.45. The molecule has 1 aliphatic heterocycles. The van der Waals surface area contributed by atoms with Crippen LogP contribution in [0.15, 0.2) is 48.5 Å². The molecule has 0 aliphatic carbocycles. The van der Waals surface area contributed by atoms with E-state index in [0.29, 0.717) is 12.6 Å². The van der Waals surface area contributed by atoms with Crippen molar-refractivity contribution < 1.29 is 4.74 Å². The second kappa shape index (κ2) is 6.10. The van der Waals surface area contributed by atoms with E-state index in [1.807, 2.05) is 18.2 Å². The van der Waals surface area contributed by atoms with Gasteiger partial charge in [-0.2, -0.15) is 0 Å². The zero-order valence-corrected chi connectivity index (χ0v) is 11.9. The van der Waals surface area contributed by atoms with Crippen LogP contribution in [0, 0.1) is 6.92 Å². The summed E-state index contributed by atoms with van der Waals surface area (Å²) in [4.78, 5) is 0. The second-order valence-electron chi connectivity index (χ2n) is 5.45. The van der Waals surface area contributed by atoms with E-state index in [4.69, 9.17) is 4.74 Å². The quantitative estimate of drug-likeness (QED) is 0.904. The molecule has 20 heavy (non-hydrogen) atoms. The minimum atomic E-state index is 0.495. The van der Waals surface area contributed by atoms with Gasteiger partial charge in [0.05, 0.1) is 0 Å². The van der Waals surface area contributed by atoms with E-state index in [1.54, 1.807) is 0 Å². The summed E-state index contributed by atoms with van der Waals surface area (Å²) in [6.45, 7) is 3.86. The number of benzene rings is 2. The smallest absolute Gasteiger partial charge is 0.123 e. The molecule has 1 fully saturated rings. The van der Waals surface area contributed by atoms with Gasteiger partial charge >= 0.3 is 0 Å². The lowest BCUT2D eigenvalue weighted by Gasteiger charge is -2.15. The molecular formula is C18H21NO. The predicted octanol–water partition coefficient (Wildman–Crippen LogP) is 4.00. The summed E-state index contributed by atoms with van der Waals surface area (Å²) in [6.07, 6.45) is 2.49. The van der Waals surface area contributed by atoms with Crippen molar-refractivity contribution in [2.24, 2.45) is 0 Å². The maximum Gasteiger partial charge on any atom is 0.123 e. The van der Waals surface area contributed by atoms with Gasteiger partial charge in [0.25, 0.3) is 0 Å². The Balaban J connectivity index is 1.73. The van der Waals surface area contributed by atoms with E-state index in [1.165, 1.54) is 29.5 Å². The molecule has 2 heteroatoms. The summed E-state index contributed by atoms with van der Waals surface area (Å²) in [6, 6.07) is 17.4. The van der Waals surface area contributed by atoms with E-state index in [2.05, 4.69) is 42.6 Å². The van der Waals surface area contributed by atoms with Crippen LogP contribution in [0.5, 0.6) is 5.75 Å². The van der Waals surface area contributed by atoms with Crippen molar-refractivity contribution in [3.63, 3.8) is 0 Å². The van der Waals surface area contributed by atoms with Gasteiger partial charge in [-0.1, -0.05) is 42.5 Å². The Labute approximate surface area is 120 Å². The summed E-state index contributed by atoms with van der Waals surface area (Å²) >= 11 is 0. The number of nitrogens with one attached hydrogen (secondary N) is 1. The maximum atomic E-state index is 6.00. The van der Waals surface area contributed by atoms with E-state index in [-0.39, 0.29) is 0 Å². The highest BCUT2D eigenvalue weighted by molar-refractivity contribution is 5.38. The number of hydrogen-bond acceptors (Lipinski definition) is 2. The minimum Gasteiger partial charge on any atom is -0.489 e. The number of aryl methyl sites for hydroxylation is 1. The Morgan fingerprint density at radius 1 is 1.15 bits per heavy atom. The molecule has 104 valence electrons. The first-order valence-electron chi connectivity index (χ1n) is 7.33. The van der Waals surface area contributed by atoms with E-state index in [9.17, 15) is 0 Å². The molecule has 0 bridgehead atoms. The van der Waals surface area contributed by atoms with Crippen LogP contribution in [0.2, 0.25) is 0 Å². The van der Waals surface area contributed by atoms with Gasteiger partial charge in [-0.3, -0.25) is 0 Å². The molecule has 2 aromatic carbocycles. The van der Waals surface area contributed by atoms with Crippen LogP contribution in [-0.2, 0) is 6.61 Å². The summed E-state index contributed by atoms with van der Waals surface area (Å²) < 4.78 is 6.00. The third kappa shape index (κ3) is 3.02. The van der Waals surface area contributed by atoms with Crippen LogP contribution >= 0.6 is 0 Å². The van der Waals surface area contributed by atoms with Crippen LogP contribution in [0.4, 0.5) is 0 Å². The molecule has 1 heterocycles. The van der Waals surface area contributed by atoms with Gasteiger partial charge in [0.1, 0.15) is 12.4 Å². The predicted molar refractivity (Wildman–Crippen MR) is 81.9 cm³/mol. The fourth-order valence-electron chi connectivity index (χ4n) is 2.69. The lowest BCUT2D eigenvalue weighted by atomic mass is 10.0. The standard InChI is InChI=1S/C18H21NO/c1-14-9-10-16(17-8-5-11-19-17)12-18(14)20-13-15-6-3-2-4-7-15/h2-4,6-7,9-10,12,17,19H,5,8,11,13H2,1H3. The molecule has 1 aliphatic rings. The first kappa shape index (κ1) is 13.2. The minimum absolute atomic E-state index is 0.495. The Hall–Kier alpha value is -1.80. The number of rotatable bonds is 4. The first-order chi connectivity index (χ1) is 9.83. The van der Waals surface area contributed by atoms with E-state index >= 15 is 0 Å². The summed E-state index contributed by atoms with van der Waals surface area (Å²) in [7, 11) is 0. The normalized spacial score (nSPS) is 18.1. The van der Waals surface area contributed by atoms with Gasteiger partial charge in [0.15, 0.2) is 0 Å². The Kier molecular flexibility index (Phi) is 4.03. The highest BCUT2D eigenvalue weighted by atomic mass is 16.5. The van der Waals surface area contributed by atoms with Crippen molar-refractivity contribution in [3.8, 4) is 5.75 Å². The van der Waals surface area contributed by atoms with Gasteiger partial charge in [0.2, 0.25) is 0 Å². The summed E-state index contributed by atoms with van der Waals surface area (Å²) in [5, 5.41) is 3.54. The van der Waals surface area contributed by atoms with Crippen molar-refractivity contribution in [2.45, 2.75) is 32.4 Å². The van der Waals surface area contributed by atoms with Crippen molar-refractivity contribution in [1.29, 1.82) is 0 Å². The van der Waals surface area contributed by atoms with Crippen LogP contribution in [-0.4, -0.2) is 6.54 Å². The van der Waals surface area contributed by atoms with E-state index in [0.717, 1.165) is 12.3 Å². The topological polar surface area (TPSA) is 21.3 Å². The molecule has 0 aromatic heterocycles. The molecule has 1 unspecified atom stereocenters. The molecular weight excluding hydrogens is 246 g/mol. The van der Waals surface area contributed by atoms with Crippen LogP contribution in [0.1, 0.15) is 35.6 Å². The lowest BCUT2D eigenvalue weighted by Crippen LogP contribution is -2.13. The highest BCUT2D eigenvalue weighted by Crippen LogP contribution is 2.28. The fourth-order valence-corrected chi connectivity index (χ4v) is 2.69. The average Bonchev–Trinajstić information content (AvgIpc) is 3.02. The third-order valence-corrected chi connectivity index (χ3v) is 3.91. The Morgan fingerprint density at radius 3 is 2.75 bits per heavy atom. The molecule has 0 amide bonds. The van der Waals surface area contributed by atoms with Crippen LogP contribution < -0.4 is 10.1 Å². The van der Waals surface area contributed by atoms with Crippen molar-refractivity contribution in [2.75, 3.05) is 6.54 Å². The number of ether oxygens (including phenoxy) is 1. The zero-order valence-electron chi connectivity index (χ0n) is 11.9. The molecule has 0 saturated carbocycles. The molecule has 2 aromatic rings. The lowest BCUT2D eigenvalue weighted by molar-refractivity contribution is 0.303. The highest BCUT2D eigenvalue weighted by Gasteiger charge is 2.17. The summed E-state index contributed by atoms with van der Waals surface area (Å²) in [5.41, 5.74) is 3.75. The molecule has 1 N–H and O–H groups in total. The van der Waals surface area contributed by atoms with Crippen LogP contribution in [0.3, 0.4) is 0 Å². The molecule has 2 nitrogen and oxygen atoms in total. The molecule has 0 spiro atoms. The van der Waals surface area contributed by atoms with Crippen LogP contribution in [0.25, 0.3) is 0 Å². The SMILES string of the molecule is Cc1ccc(C2CCCN2)cc1OCc1ccccc1. The van der Waals surface area contributed by atoms with Crippen molar-refractivity contribution >= 4 is 0 Å². The van der Waals surface area contributed by atoms with Crippen molar-refractivity contribution in [1.82, 2.24) is 5.32 Å². The molecule has 1 atom stereocenters. The summed E-state index contributed by atoms with van der Waals surface area (Å²) in [5.74, 6) is 1.00. The molecule has 0 radical (unpaired) electrons. The Bertz CT molecular complexity index is 559. The molecule has 1 saturated heterocycles. The molecule has 3 rings (SSSR count). The monoisotopic (exact) mass is 267 g/mol. The van der Waals surface area contributed by atoms with Gasteiger partial charge in [-0.25, -0.2) is 0 Å². The largest absolute Gasteiger partial charge is 0.489 e. The first-order valence-corrected chi connectivity index (χ1v) is 7.33. The van der Waals surface area contributed by atoms with Gasteiger partial charge in [-0.15, -0.1) is 0 Å². The van der Waals surface area contributed by atoms with Crippen molar-refractivity contribution in [3.05, 3.63) is 65.2 Å². The number of hydrogen-bond donors (Lipinski definition) is 1. The fraction of sp³-hybridized carbons (Fsp3) is 0.333. The Morgan fingerprint density at radius 2 is 2.00 bits per heavy atom. The van der Waals surface area contributed by atoms with Gasteiger partial charge in [-0.05, 0) is 49.1 Å². The van der Waals surface area contributed by atoms with Gasteiger partial charge < -0.3 is 10.1 Å². The maximum absolute atomic E-state index is 6.00. The zero-order chi connectivity index (χ0) is 13.8. The van der Waals surface area contributed by atoms with E-state index < -0.39 is 0 Å². The average molecular weight is 267 g/mol. The third-order valence-electron chi connectivity index (χ3n) is 3.91. The van der Waals surface area contributed by atoms with Gasteiger partial charge in [0, 0.05) is 6.04 Å².